The molecule has 0 bridgehead atoms. The van der Waals surface area contributed by atoms with Gasteiger partial charge in [-0.15, -0.1) is 0 Å². The van der Waals surface area contributed by atoms with Crippen molar-refractivity contribution in [2.24, 2.45) is 0 Å². The Hall–Kier alpha value is -0.0800. The highest BCUT2D eigenvalue weighted by Crippen LogP contribution is 2.16. The molecule has 0 rings (SSSR count). The Labute approximate surface area is 64.2 Å². The zero-order chi connectivity index (χ0) is 8.36. The van der Waals surface area contributed by atoms with Crippen molar-refractivity contribution in [1.82, 2.24) is 4.90 Å². The van der Waals surface area contributed by atoms with Gasteiger partial charge in [0.15, 0.2) is 0 Å². The maximum Gasteiger partial charge on any atom is 0.0774 e. The van der Waals surface area contributed by atoms with E-state index in [-0.39, 0.29) is 5.60 Å². The lowest BCUT2D eigenvalue weighted by Gasteiger charge is -2.34. The van der Waals surface area contributed by atoms with E-state index in [2.05, 4.69) is 39.8 Å². The van der Waals surface area contributed by atoms with Crippen LogP contribution in [0.25, 0.3) is 0 Å². The summed E-state index contributed by atoms with van der Waals surface area (Å²) in [5.41, 5.74) is -0.0521. The summed E-state index contributed by atoms with van der Waals surface area (Å²) in [4.78, 5) is 2.16. The molecule has 0 aromatic heterocycles. The van der Waals surface area contributed by atoms with Gasteiger partial charge in [-0.3, -0.25) is 0 Å². The maximum atomic E-state index is 5.32. The summed E-state index contributed by atoms with van der Waals surface area (Å²) in [5, 5.41) is 0. The topological polar surface area (TPSA) is 12.5 Å². The van der Waals surface area contributed by atoms with Gasteiger partial charge in [-0.05, 0) is 34.9 Å². The van der Waals surface area contributed by atoms with Crippen molar-refractivity contribution < 1.29 is 4.74 Å². The van der Waals surface area contributed by atoms with Crippen LogP contribution in [0.4, 0.5) is 0 Å². The summed E-state index contributed by atoms with van der Waals surface area (Å²) in [7, 11) is 5.87. The van der Waals surface area contributed by atoms with Crippen LogP contribution >= 0.6 is 0 Å². The molecule has 0 aromatic carbocycles. The summed E-state index contributed by atoms with van der Waals surface area (Å²) in [5.74, 6) is 0. The van der Waals surface area contributed by atoms with E-state index in [4.69, 9.17) is 4.74 Å². The highest BCUT2D eigenvalue weighted by atomic mass is 16.5. The predicted molar refractivity (Wildman–Crippen MR) is 44.2 cm³/mol. The summed E-state index contributed by atoms with van der Waals surface area (Å²) >= 11 is 0. The average molecular weight is 145 g/mol. The molecule has 0 heterocycles. The first-order chi connectivity index (χ1) is 4.41. The molecule has 0 fully saturated rings. The molecule has 0 aliphatic heterocycles. The molecule has 2 heteroatoms. The van der Waals surface area contributed by atoms with Gasteiger partial charge in [-0.25, -0.2) is 0 Å². The van der Waals surface area contributed by atoms with Gasteiger partial charge >= 0.3 is 0 Å². The van der Waals surface area contributed by atoms with Crippen LogP contribution in [-0.2, 0) is 4.74 Å². The van der Waals surface area contributed by atoms with Crippen molar-refractivity contribution >= 4 is 0 Å². The molecule has 0 spiro atoms. The van der Waals surface area contributed by atoms with E-state index in [0.29, 0.717) is 6.04 Å². The van der Waals surface area contributed by atoms with E-state index in [1.54, 1.807) is 7.11 Å². The van der Waals surface area contributed by atoms with Crippen LogP contribution in [0, 0.1) is 0 Å². The lowest BCUT2D eigenvalue weighted by molar-refractivity contribution is -0.0336. The second kappa shape index (κ2) is 3.35. The second-order valence-corrected chi connectivity index (χ2v) is 3.45. The number of nitrogens with zero attached hydrogens (tertiary/aromatic N) is 1. The standard InChI is InChI=1S/C8H19NO/c1-7(9(4)5)8(2,3)10-6/h7H,1-6H3. The Morgan fingerprint density at radius 3 is 1.80 bits per heavy atom. The molecular weight excluding hydrogens is 126 g/mol. The van der Waals surface area contributed by atoms with Crippen LogP contribution in [0.3, 0.4) is 0 Å². The maximum absolute atomic E-state index is 5.32. The van der Waals surface area contributed by atoms with Gasteiger partial charge < -0.3 is 9.64 Å². The molecule has 0 N–H and O–H groups in total. The van der Waals surface area contributed by atoms with Crippen molar-refractivity contribution in [2.45, 2.75) is 32.4 Å². The van der Waals surface area contributed by atoms with Crippen molar-refractivity contribution in [2.75, 3.05) is 21.2 Å². The fraction of sp³-hybridized carbons (Fsp3) is 1.00. The predicted octanol–water partition coefficient (Wildman–Crippen LogP) is 1.36. The summed E-state index contributed by atoms with van der Waals surface area (Å²) < 4.78 is 5.32. The highest BCUT2D eigenvalue weighted by Gasteiger charge is 2.26. The molecule has 0 radical (unpaired) electrons. The van der Waals surface area contributed by atoms with Crippen LogP contribution in [0.2, 0.25) is 0 Å². The second-order valence-electron chi connectivity index (χ2n) is 3.45. The third-order valence-corrected chi connectivity index (χ3v) is 2.31. The molecule has 0 aliphatic carbocycles. The summed E-state index contributed by atoms with van der Waals surface area (Å²) in [6, 6.07) is 0.442. The fourth-order valence-electron chi connectivity index (χ4n) is 0.792. The zero-order valence-electron chi connectivity index (χ0n) is 7.93. The SMILES string of the molecule is COC(C)(C)C(C)N(C)C. The van der Waals surface area contributed by atoms with Crippen molar-refractivity contribution in [1.29, 1.82) is 0 Å². The molecule has 2 nitrogen and oxygen atoms in total. The number of methoxy groups -OCH3 is 1. The number of hydrogen-bond acceptors (Lipinski definition) is 2. The van der Waals surface area contributed by atoms with Gasteiger partial charge in [0.05, 0.1) is 5.60 Å². The Kier molecular flexibility index (Phi) is 3.33. The minimum Gasteiger partial charge on any atom is -0.377 e. The first kappa shape index (κ1) is 9.92. The smallest absolute Gasteiger partial charge is 0.0774 e. The number of likely N-dealkylation sites (N-methyl/N-ethyl adjacent to an activating group) is 1. The largest absolute Gasteiger partial charge is 0.377 e. The van der Waals surface area contributed by atoms with Crippen molar-refractivity contribution in [3.05, 3.63) is 0 Å². The van der Waals surface area contributed by atoms with Gasteiger partial charge in [0.1, 0.15) is 0 Å². The quantitative estimate of drug-likeness (QED) is 0.594. The normalized spacial score (nSPS) is 15.9. The van der Waals surface area contributed by atoms with Crippen LogP contribution in [-0.4, -0.2) is 37.7 Å². The minimum atomic E-state index is -0.0521. The van der Waals surface area contributed by atoms with Crippen LogP contribution in [0.5, 0.6) is 0 Å². The number of hydrogen-bond donors (Lipinski definition) is 0. The lowest BCUT2D eigenvalue weighted by Crippen LogP contribution is -2.45. The van der Waals surface area contributed by atoms with Crippen molar-refractivity contribution in [3.8, 4) is 0 Å². The molecule has 10 heavy (non-hydrogen) atoms. The fourth-order valence-corrected chi connectivity index (χ4v) is 0.792. The van der Waals surface area contributed by atoms with Crippen molar-refractivity contribution in [3.63, 3.8) is 0 Å². The molecule has 0 saturated heterocycles. The van der Waals surface area contributed by atoms with E-state index in [1.807, 2.05) is 0 Å². The Morgan fingerprint density at radius 1 is 1.30 bits per heavy atom. The first-order valence-electron chi connectivity index (χ1n) is 3.63. The van der Waals surface area contributed by atoms with E-state index in [9.17, 15) is 0 Å². The van der Waals surface area contributed by atoms with E-state index in [1.165, 1.54) is 0 Å². The van der Waals surface area contributed by atoms with Gasteiger partial charge in [0.2, 0.25) is 0 Å². The van der Waals surface area contributed by atoms with Gasteiger partial charge in [-0.1, -0.05) is 0 Å². The summed E-state index contributed by atoms with van der Waals surface area (Å²) in [6.45, 7) is 6.35. The van der Waals surface area contributed by atoms with Crippen LogP contribution < -0.4 is 0 Å². The molecule has 0 saturated carbocycles. The summed E-state index contributed by atoms with van der Waals surface area (Å²) in [6.07, 6.45) is 0. The Morgan fingerprint density at radius 2 is 1.70 bits per heavy atom. The Bertz CT molecular complexity index is 99.4. The third kappa shape index (κ3) is 2.27. The molecule has 0 aromatic rings. The molecule has 0 aliphatic rings. The van der Waals surface area contributed by atoms with E-state index >= 15 is 0 Å². The lowest BCUT2D eigenvalue weighted by atomic mass is 10.00. The highest BCUT2D eigenvalue weighted by molar-refractivity contribution is 4.80. The van der Waals surface area contributed by atoms with Crippen LogP contribution in [0.15, 0.2) is 0 Å². The zero-order valence-corrected chi connectivity index (χ0v) is 7.93. The van der Waals surface area contributed by atoms with E-state index < -0.39 is 0 Å². The minimum absolute atomic E-state index is 0.0521. The van der Waals surface area contributed by atoms with Gasteiger partial charge in [-0.2, -0.15) is 0 Å². The van der Waals surface area contributed by atoms with Crippen LogP contribution in [0.1, 0.15) is 20.8 Å². The number of ether oxygens (including phenoxy) is 1. The first-order valence-corrected chi connectivity index (χ1v) is 3.63. The van der Waals surface area contributed by atoms with Gasteiger partial charge in [0.25, 0.3) is 0 Å². The third-order valence-electron chi connectivity index (χ3n) is 2.31. The average Bonchev–Trinajstić information content (AvgIpc) is 1.86. The molecule has 1 unspecified atom stereocenters. The monoisotopic (exact) mass is 145 g/mol. The molecule has 0 amide bonds. The molecular formula is C8H19NO. The molecule has 1 atom stereocenters. The van der Waals surface area contributed by atoms with Gasteiger partial charge in [0, 0.05) is 13.2 Å². The molecule has 62 valence electrons. The Balaban J connectivity index is 4.03. The number of rotatable bonds is 3. The van der Waals surface area contributed by atoms with E-state index in [0.717, 1.165) is 0 Å².